The number of carbonyl (C=O) groups excluding carboxylic acids is 1. The highest BCUT2D eigenvalue weighted by Crippen LogP contribution is 2.18. The monoisotopic (exact) mass is 271 g/mol. The summed E-state index contributed by atoms with van der Waals surface area (Å²) < 4.78 is 0. The SMILES string of the molecule is CN1CCCC1CNC(=O)N1C[C@H](O)C[C@H]1C(=O)O. The van der Waals surface area contributed by atoms with E-state index in [-0.39, 0.29) is 13.0 Å². The van der Waals surface area contributed by atoms with E-state index in [4.69, 9.17) is 5.11 Å². The molecule has 3 atom stereocenters. The second kappa shape index (κ2) is 5.75. The van der Waals surface area contributed by atoms with Crippen LogP contribution in [0.4, 0.5) is 4.79 Å². The maximum atomic E-state index is 12.0. The molecule has 2 saturated heterocycles. The lowest BCUT2D eigenvalue weighted by molar-refractivity contribution is -0.141. The third kappa shape index (κ3) is 3.16. The number of likely N-dealkylation sites (N-methyl/N-ethyl adjacent to an activating group) is 1. The number of aliphatic hydroxyl groups is 1. The van der Waals surface area contributed by atoms with Crippen molar-refractivity contribution in [3.8, 4) is 0 Å². The third-order valence-electron chi connectivity index (χ3n) is 3.99. The summed E-state index contributed by atoms with van der Waals surface area (Å²) in [5, 5.41) is 21.3. The summed E-state index contributed by atoms with van der Waals surface area (Å²) in [4.78, 5) is 26.4. The van der Waals surface area contributed by atoms with Gasteiger partial charge in [-0.05, 0) is 26.4 Å². The van der Waals surface area contributed by atoms with Crippen LogP contribution in [0.25, 0.3) is 0 Å². The van der Waals surface area contributed by atoms with E-state index in [0.29, 0.717) is 12.6 Å². The molecule has 0 aromatic rings. The Labute approximate surface area is 112 Å². The summed E-state index contributed by atoms with van der Waals surface area (Å²) in [6, 6.07) is -1.000. The van der Waals surface area contributed by atoms with Crippen molar-refractivity contribution in [1.29, 1.82) is 0 Å². The van der Waals surface area contributed by atoms with Gasteiger partial charge in [0.15, 0.2) is 0 Å². The summed E-state index contributed by atoms with van der Waals surface area (Å²) in [5.41, 5.74) is 0. The Balaban J connectivity index is 1.86. The number of aliphatic carboxylic acids is 1. The lowest BCUT2D eigenvalue weighted by Crippen LogP contribution is -2.49. The normalized spacial score (nSPS) is 31.7. The molecular weight excluding hydrogens is 250 g/mol. The molecule has 0 aliphatic carbocycles. The second-order valence-corrected chi connectivity index (χ2v) is 5.36. The number of nitrogens with one attached hydrogen (secondary N) is 1. The minimum absolute atomic E-state index is 0.0866. The number of carboxylic acids is 1. The van der Waals surface area contributed by atoms with E-state index in [1.807, 2.05) is 7.05 Å². The number of hydrogen-bond acceptors (Lipinski definition) is 4. The minimum Gasteiger partial charge on any atom is -0.480 e. The molecule has 7 heteroatoms. The van der Waals surface area contributed by atoms with E-state index in [0.717, 1.165) is 19.4 Å². The quantitative estimate of drug-likeness (QED) is 0.632. The summed E-state index contributed by atoms with van der Waals surface area (Å²) in [5.74, 6) is -1.07. The molecule has 2 rings (SSSR count). The van der Waals surface area contributed by atoms with Gasteiger partial charge in [-0.1, -0.05) is 0 Å². The Kier molecular flexibility index (Phi) is 4.26. The number of carboxylic acid groups (broad SMARTS) is 1. The molecule has 7 nitrogen and oxygen atoms in total. The molecule has 0 aromatic heterocycles. The van der Waals surface area contributed by atoms with E-state index in [2.05, 4.69) is 10.2 Å². The van der Waals surface area contributed by atoms with E-state index in [9.17, 15) is 14.7 Å². The molecule has 108 valence electrons. The highest BCUT2D eigenvalue weighted by atomic mass is 16.4. The molecule has 3 N–H and O–H groups in total. The Morgan fingerprint density at radius 3 is 2.74 bits per heavy atom. The van der Waals surface area contributed by atoms with Crippen LogP contribution in [-0.2, 0) is 4.79 Å². The first-order valence-corrected chi connectivity index (χ1v) is 6.64. The average Bonchev–Trinajstić information content (AvgIpc) is 2.92. The number of amides is 2. The topological polar surface area (TPSA) is 93.1 Å². The molecular formula is C12H21N3O4. The van der Waals surface area contributed by atoms with Gasteiger partial charge in [0.05, 0.1) is 6.10 Å². The van der Waals surface area contributed by atoms with Gasteiger partial charge in [0, 0.05) is 25.6 Å². The first-order chi connectivity index (χ1) is 8.99. The number of urea groups is 1. The lowest BCUT2D eigenvalue weighted by Gasteiger charge is -2.24. The molecule has 0 aromatic carbocycles. The Bertz CT molecular complexity index is 363. The molecule has 0 spiro atoms. The van der Waals surface area contributed by atoms with Crippen LogP contribution in [0.1, 0.15) is 19.3 Å². The van der Waals surface area contributed by atoms with Crippen molar-refractivity contribution in [3.63, 3.8) is 0 Å². The smallest absolute Gasteiger partial charge is 0.326 e. The zero-order valence-corrected chi connectivity index (χ0v) is 11.1. The Morgan fingerprint density at radius 1 is 1.42 bits per heavy atom. The van der Waals surface area contributed by atoms with Gasteiger partial charge in [0.25, 0.3) is 0 Å². The number of β-amino-alcohol motifs (C(OH)–C–C–N with tert-alkyl or cyclic N) is 1. The average molecular weight is 271 g/mol. The van der Waals surface area contributed by atoms with Crippen LogP contribution in [0, 0.1) is 0 Å². The number of carbonyl (C=O) groups is 2. The maximum absolute atomic E-state index is 12.0. The number of hydrogen-bond donors (Lipinski definition) is 3. The standard InChI is InChI=1S/C12H21N3O4/c1-14-4-2-3-8(14)6-13-12(19)15-7-9(16)5-10(15)11(17)18/h8-10,16H,2-7H2,1H3,(H,13,19)(H,17,18)/t8?,9-,10+/m1/s1. The van der Waals surface area contributed by atoms with Crippen molar-refractivity contribution in [2.45, 2.75) is 37.5 Å². The number of nitrogens with zero attached hydrogens (tertiary/aromatic N) is 2. The van der Waals surface area contributed by atoms with Crippen LogP contribution < -0.4 is 5.32 Å². The van der Waals surface area contributed by atoms with Crippen LogP contribution in [-0.4, -0.2) is 76.9 Å². The summed E-state index contributed by atoms with van der Waals surface area (Å²) in [6.45, 7) is 1.64. The van der Waals surface area contributed by atoms with Crippen molar-refractivity contribution >= 4 is 12.0 Å². The van der Waals surface area contributed by atoms with Gasteiger partial charge >= 0.3 is 12.0 Å². The number of aliphatic hydroxyl groups excluding tert-OH is 1. The molecule has 0 saturated carbocycles. The maximum Gasteiger partial charge on any atom is 0.326 e. The van der Waals surface area contributed by atoms with Crippen molar-refractivity contribution in [3.05, 3.63) is 0 Å². The highest BCUT2D eigenvalue weighted by Gasteiger charge is 2.39. The molecule has 19 heavy (non-hydrogen) atoms. The molecule has 2 amide bonds. The van der Waals surface area contributed by atoms with Gasteiger partial charge in [0.2, 0.25) is 0 Å². The van der Waals surface area contributed by atoms with E-state index in [1.165, 1.54) is 4.90 Å². The minimum atomic E-state index is -1.07. The molecule has 0 radical (unpaired) electrons. The Hall–Kier alpha value is -1.34. The van der Waals surface area contributed by atoms with Gasteiger partial charge in [-0.3, -0.25) is 0 Å². The fourth-order valence-electron chi connectivity index (χ4n) is 2.82. The van der Waals surface area contributed by atoms with Crippen LogP contribution in [0.15, 0.2) is 0 Å². The zero-order valence-electron chi connectivity index (χ0n) is 11.1. The predicted molar refractivity (Wildman–Crippen MR) is 67.8 cm³/mol. The van der Waals surface area contributed by atoms with Gasteiger partial charge in [-0.15, -0.1) is 0 Å². The summed E-state index contributed by atoms with van der Waals surface area (Å²) in [7, 11) is 2.02. The molecule has 1 unspecified atom stereocenters. The van der Waals surface area contributed by atoms with E-state index in [1.54, 1.807) is 0 Å². The molecule has 2 aliphatic heterocycles. The molecule has 2 fully saturated rings. The number of likely N-dealkylation sites (tertiary alicyclic amines) is 2. The highest BCUT2D eigenvalue weighted by molar-refractivity contribution is 5.83. The Morgan fingerprint density at radius 2 is 2.16 bits per heavy atom. The second-order valence-electron chi connectivity index (χ2n) is 5.36. The van der Waals surface area contributed by atoms with Crippen LogP contribution in [0.5, 0.6) is 0 Å². The van der Waals surface area contributed by atoms with Crippen LogP contribution in [0.2, 0.25) is 0 Å². The van der Waals surface area contributed by atoms with Gasteiger partial charge in [0.1, 0.15) is 6.04 Å². The molecule has 2 aliphatic rings. The van der Waals surface area contributed by atoms with E-state index < -0.39 is 24.1 Å². The summed E-state index contributed by atoms with van der Waals surface area (Å²) in [6.07, 6.45) is 1.52. The van der Waals surface area contributed by atoms with Gasteiger partial charge in [-0.2, -0.15) is 0 Å². The van der Waals surface area contributed by atoms with Crippen molar-refractivity contribution < 1.29 is 19.8 Å². The van der Waals surface area contributed by atoms with Crippen molar-refractivity contribution in [2.24, 2.45) is 0 Å². The van der Waals surface area contributed by atoms with Crippen molar-refractivity contribution in [2.75, 3.05) is 26.7 Å². The summed E-state index contributed by atoms with van der Waals surface area (Å²) >= 11 is 0. The molecule has 0 bridgehead atoms. The zero-order chi connectivity index (χ0) is 14.0. The largest absolute Gasteiger partial charge is 0.480 e. The first kappa shape index (κ1) is 14.1. The third-order valence-corrected chi connectivity index (χ3v) is 3.99. The lowest BCUT2D eigenvalue weighted by atomic mass is 10.2. The van der Waals surface area contributed by atoms with Crippen molar-refractivity contribution in [1.82, 2.24) is 15.1 Å². The fraction of sp³-hybridized carbons (Fsp3) is 0.833. The van der Waals surface area contributed by atoms with Gasteiger partial charge < -0.3 is 25.3 Å². The van der Waals surface area contributed by atoms with Gasteiger partial charge in [-0.25, -0.2) is 9.59 Å². The van der Waals surface area contributed by atoms with Crippen LogP contribution in [0.3, 0.4) is 0 Å². The van der Waals surface area contributed by atoms with Crippen LogP contribution >= 0.6 is 0 Å². The fourth-order valence-corrected chi connectivity index (χ4v) is 2.82. The predicted octanol–water partition coefficient (Wildman–Crippen LogP) is -0.690. The van der Waals surface area contributed by atoms with E-state index >= 15 is 0 Å². The number of rotatable bonds is 3. The first-order valence-electron chi connectivity index (χ1n) is 6.64. The molecule has 2 heterocycles.